The number of aliphatic imine (C=N–C) groups is 1. The summed E-state index contributed by atoms with van der Waals surface area (Å²) in [6.07, 6.45) is 6.18. The van der Waals surface area contributed by atoms with E-state index in [9.17, 15) is 4.79 Å². The second-order valence-corrected chi connectivity index (χ2v) is 7.62. The molecule has 1 unspecified atom stereocenters. The standard InChI is InChI=1S/C23H19ClN2O/c24-20-6-2-7-21-19(20)13-25-23(22-8-3-11-26(21)22)16-9-10-18-15(12-16)4-1-5-17(18)14-27/h2-3,6-12,14,17H,1,4-5,13H2. The molecule has 0 saturated heterocycles. The minimum atomic E-state index is 0.0331. The molecule has 0 amide bonds. The lowest BCUT2D eigenvalue weighted by Gasteiger charge is -2.22. The highest BCUT2D eigenvalue weighted by Crippen LogP contribution is 2.33. The van der Waals surface area contributed by atoms with Crippen molar-refractivity contribution >= 4 is 23.6 Å². The third-order valence-electron chi connectivity index (χ3n) is 5.68. The van der Waals surface area contributed by atoms with Crippen LogP contribution in [0.3, 0.4) is 0 Å². The van der Waals surface area contributed by atoms with Crippen molar-refractivity contribution < 1.29 is 4.79 Å². The van der Waals surface area contributed by atoms with Gasteiger partial charge in [-0.3, -0.25) is 4.99 Å². The van der Waals surface area contributed by atoms with Crippen molar-refractivity contribution in [2.24, 2.45) is 4.99 Å². The number of aromatic nitrogens is 1. The second kappa shape index (κ2) is 6.50. The van der Waals surface area contributed by atoms with Crippen LogP contribution in [0.5, 0.6) is 0 Å². The van der Waals surface area contributed by atoms with Crippen LogP contribution in [0.4, 0.5) is 0 Å². The summed E-state index contributed by atoms with van der Waals surface area (Å²) >= 11 is 6.45. The molecular formula is C23H19ClN2O. The number of hydrogen-bond acceptors (Lipinski definition) is 2. The second-order valence-electron chi connectivity index (χ2n) is 7.21. The van der Waals surface area contributed by atoms with Crippen LogP contribution >= 0.6 is 11.6 Å². The lowest BCUT2D eigenvalue weighted by atomic mass is 9.82. The normalized spacial score (nSPS) is 18.0. The average Bonchev–Trinajstić information content (AvgIpc) is 3.11. The summed E-state index contributed by atoms with van der Waals surface area (Å²) in [5.41, 5.74) is 7.73. The van der Waals surface area contributed by atoms with Gasteiger partial charge in [0.05, 0.1) is 23.6 Å². The minimum Gasteiger partial charge on any atom is -0.315 e. The molecule has 3 nitrogen and oxygen atoms in total. The summed E-state index contributed by atoms with van der Waals surface area (Å²) in [5.74, 6) is 0.0331. The molecule has 1 aromatic heterocycles. The smallest absolute Gasteiger partial charge is 0.127 e. The largest absolute Gasteiger partial charge is 0.315 e. The molecule has 27 heavy (non-hydrogen) atoms. The summed E-state index contributed by atoms with van der Waals surface area (Å²) in [5, 5.41) is 0.747. The van der Waals surface area contributed by atoms with Crippen molar-refractivity contribution in [3.8, 4) is 5.69 Å². The number of halogens is 1. The quantitative estimate of drug-likeness (QED) is 0.574. The number of fused-ring (bicyclic) bond motifs is 4. The molecule has 5 rings (SSSR count). The molecule has 1 atom stereocenters. The van der Waals surface area contributed by atoms with Gasteiger partial charge in [0.25, 0.3) is 0 Å². The Morgan fingerprint density at radius 2 is 2.07 bits per heavy atom. The molecular weight excluding hydrogens is 356 g/mol. The Bertz CT molecular complexity index is 1080. The predicted molar refractivity (Wildman–Crippen MR) is 108 cm³/mol. The van der Waals surface area contributed by atoms with Crippen molar-refractivity contribution in [3.63, 3.8) is 0 Å². The molecule has 2 aliphatic rings. The first kappa shape index (κ1) is 16.5. The van der Waals surface area contributed by atoms with E-state index in [1.54, 1.807) is 0 Å². The molecule has 3 aromatic rings. The van der Waals surface area contributed by atoms with E-state index in [1.807, 2.05) is 18.2 Å². The molecule has 0 N–H and O–H groups in total. The number of benzene rings is 2. The van der Waals surface area contributed by atoms with Crippen molar-refractivity contribution in [3.05, 3.63) is 87.7 Å². The highest BCUT2D eigenvalue weighted by molar-refractivity contribution is 6.31. The lowest BCUT2D eigenvalue weighted by Crippen LogP contribution is -2.14. The van der Waals surface area contributed by atoms with Gasteiger partial charge in [0.2, 0.25) is 0 Å². The van der Waals surface area contributed by atoms with Gasteiger partial charge >= 0.3 is 0 Å². The van der Waals surface area contributed by atoms with E-state index in [0.29, 0.717) is 6.54 Å². The van der Waals surface area contributed by atoms with Crippen LogP contribution in [0.25, 0.3) is 5.69 Å². The van der Waals surface area contributed by atoms with E-state index in [4.69, 9.17) is 16.6 Å². The average molecular weight is 375 g/mol. The Labute approximate surface area is 163 Å². The fourth-order valence-corrected chi connectivity index (χ4v) is 4.56. The van der Waals surface area contributed by atoms with E-state index in [2.05, 4.69) is 41.1 Å². The van der Waals surface area contributed by atoms with Crippen molar-refractivity contribution in [2.45, 2.75) is 31.7 Å². The number of hydrogen-bond donors (Lipinski definition) is 0. The molecule has 134 valence electrons. The van der Waals surface area contributed by atoms with Gasteiger partial charge in [0, 0.05) is 28.3 Å². The van der Waals surface area contributed by atoms with Crippen LogP contribution in [0.2, 0.25) is 5.02 Å². The Kier molecular flexibility index (Phi) is 3.98. The number of rotatable bonds is 2. The van der Waals surface area contributed by atoms with Crippen LogP contribution in [0, 0.1) is 0 Å². The van der Waals surface area contributed by atoms with Crippen LogP contribution < -0.4 is 0 Å². The van der Waals surface area contributed by atoms with Crippen LogP contribution in [-0.4, -0.2) is 16.6 Å². The third kappa shape index (κ3) is 2.65. The molecule has 0 radical (unpaired) electrons. The zero-order valence-electron chi connectivity index (χ0n) is 14.9. The maximum absolute atomic E-state index is 11.4. The van der Waals surface area contributed by atoms with Crippen molar-refractivity contribution in [1.82, 2.24) is 4.57 Å². The summed E-state index contributed by atoms with van der Waals surface area (Å²) in [6.45, 7) is 0.556. The zero-order chi connectivity index (χ0) is 18.4. The predicted octanol–water partition coefficient (Wildman–Crippen LogP) is 5.10. The summed E-state index contributed by atoms with van der Waals surface area (Å²) in [4.78, 5) is 16.3. The highest BCUT2D eigenvalue weighted by Gasteiger charge is 2.23. The monoisotopic (exact) mass is 374 g/mol. The first-order chi connectivity index (χ1) is 13.3. The number of nitrogens with zero attached hydrogens (tertiary/aromatic N) is 2. The Hall–Kier alpha value is -2.65. The Morgan fingerprint density at radius 3 is 2.96 bits per heavy atom. The van der Waals surface area contributed by atoms with Gasteiger partial charge in [-0.1, -0.05) is 29.8 Å². The first-order valence-electron chi connectivity index (χ1n) is 9.34. The van der Waals surface area contributed by atoms with Crippen LogP contribution in [0.1, 0.15) is 46.7 Å². The molecule has 1 aliphatic carbocycles. The fraction of sp³-hybridized carbons (Fsp3) is 0.217. The van der Waals surface area contributed by atoms with Gasteiger partial charge in [-0.25, -0.2) is 0 Å². The molecule has 1 aliphatic heterocycles. The maximum Gasteiger partial charge on any atom is 0.127 e. The SMILES string of the molecule is O=CC1CCCc2cc(C3=NCc4c(Cl)cccc4-n4cccc43)ccc21. The lowest BCUT2D eigenvalue weighted by molar-refractivity contribution is -0.109. The maximum atomic E-state index is 11.4. The van der Waals surface area contributed by atoms with E-state index in [-0.39, 0.29) is 5.92 Å². The number of aryl methyl sites for hydroxylation is 1. The summed E-state index contributed by atoms with van der Waals surface area (Å²) < 4.78 is 2.17. The molecule has 0 spiro atoms. The van der Waals surface area contributed by atoms with Crippen molar-refractivity contribution in [2.75, 3.05) is 0 Å². The highest BCUT2D eigenvalue weighted by atomic mass is 35.5. The Morgan fingerprint density at radius 1 is 1.15 bits per heavy atom. The van der Waals surface area contributed by atoms with E-state index in [0.717, 1.165) is 58.8 Å². The van der Waals surface area contributed by atoms with Crippen LogP contribution in [0.15, 0.2) is 59.7 Å². The summed E-state index contributed by atoms with van der Waals surface area (Å²) in [7, 11) is 0. The molecule has 0 bridgehead atoms. The molecule has 0 fully saturated rings. The van der Waals surface area contributed by atoms with Gasteiger partial charge in [-0.05, 0) is 60.7 Å². The first-order valence-corrected chi connectivity index (χ1v) is 9.72. The third-order valence-corrected chi connectivity index (χ3v) is 6.04. The van der Waals surface area contributed by atoms with Gasteiger partial charge in [0.1, 0.15) is 6.29 Å². The fourth-order valence-electron chi connectivity index (χ4n) is 4.33. The number of carbonyl (C=O) groups excluding carboxylic acids is 1. The van der Waals surface area contributed by atoms with E-state index < -0.39 is 0 Å². The van der Waals surface area contributed by atoms with Gasteiger partial charge in [-0.2, -0.15) is 0 Å². The molecule has 0 saturated carbocycles. The summed E-state index contributed by atoms with van der Waals surface area (Å²) in [6, 6.07) is 16.6. The Balaban J connectivity index is 1.65. The number of aldehydes is 1. The minimum absolute atomic E-state index is 0.0331. The molecule has 2 heterocycles. The molecule has 2 aromatic carbocycles. The van der Waals surface area contributed by atoms with Crippen LogP contribution in [-0.2, 0) is 17.8 Å². The van der Waals surface area contributed by atoms with Gasteiger partial charge < -0.3 is 9.36 Å². The van der Waals surface area contributed by atoms with E-state index in [1.165, 1.54) is 11.1 Å². The topological polar surface area (TPSA) is 34.4 Å². The number of carbonyl (C=O) groups is 1. The zero-order valence-corrected chi connectivity index (χ0v) is 15.6. The molecule has 4 heteroatoms. The van der Waals surface area contributed by atoms with Gasteiger partial charge in [-0.15, -0.1) is 0 Å². The van der Waals surface area contributed by atoms with Crippen molar-refractivity contribution in [1.29, 1.82) is 0 Å². The van der Waals surface area contributed by atoms with Gasteiger partial charge in [0.15, 0.2) is 0 Å². The van der Waals surface area contributed by atoms with E-state index >= 15 is 0 Å².